The highest BCUT2D eigenvalue weighted by molar-refractivity contribution is 9.10. The fourth-order valence-electron chi connectivity index (χ4n) is 3.05. The zero-order chi connectivity index (χ0) is 12.5. The van der Waals surface area contributed by atoms with Gasteiger partial charge in [0, 0.05) is 12.0 Å². The van der Waals surface area contributed by atoms with Crippen LogP contribution < -0.4 is 5.73 Å². The van der Waals surface area contributed by atoms with Crippen LogP contribution in [0.5, 0.6) is 5.75 Å². The molecule has 0 aromatic heterocycles. The molecular formula is C14H20BrNO. The SMILES string of the molecule is Cc1cc(O)c(Br)cc1C1(CN)CCCCC1. The Balaban J connectivity index is 2.46. The highest BCUT2D eigenvalue weighted by Gasteiger charge is 2.34. The normalized spacial score (nSPS) is 19.2. The van der Waals surface area contributed by atoms with Gasteiger partial charge in [0.1, 0.15) is 5.75 Å². The Morgan fingerprint density at radius 1 is 1.29 bits per heavy atom. The van der Waals surface area contributed by atoms with Crippen LogP contribution >= 0.6 is 15.9 Å². The number of nitrogens with two attached hydrogens (primary N) is 1. The van der Waals surface area contributed by atoms with Gasteiger partial charge < -0.3 is 10.8 Å². The first-order valence-electron chi connectivity index (χ1n) is 6.29. The van der Waals surface area contributed by atoms with Crippen LogP contribution in [0.4, 0.5) is 0 Å². The number of aryl methyl sites for hydroxylation is 1. The molecule has 0 bridgehead atoms. The van der Waals surface area contributed by atoms with Gasteiger partial charge in [0.25, 0.3) is 0 Å². The number of hydrogen-bond donors (Lipinski definition) is 2. The van der Waals surface area contributed by atoms with Crippen molar-refractivity contribution in [3.63, 3.8) is 0 Å². The van der Waals surface area contributed by atoms with Crippen molar-refractivity contribution in [1.82, 2.24) is 0 Å². The van der Waals surface area contributed by atoms with Gasteiger partial charge in [-0.3, -0.25) is 0 Å². The smallest absolute Gasteiger partial charge is 0.130 e. The lowest BCUT2D eigenvalue weighted by Crippen LogP contribution is -2.37. The number of hydrogen-bond acceptors (Lipinski definition) is 2. The van der Waals surface area contributed by atoms with Gasteiger partial charge in [-0.05, 0) is 59.0 Å². The Morgan fingerprint density at radius 3 is 2.53 bits per heavy atom. The third-order valence-corrected chi connectivity index (χ3v) is 4.70. The number of phenolic OH excluding ortho intramolecular Hbond substituents is 1. The molecule has 17 heavy (non-hydrogen) atoms. The minimum atomic E-state index is 0.124. The summed E-state index contributed by atoms with van der Waals surface area (Å²) in [6, 6.07) is 3.90. The lowest BCUT2D eigenvalue weighted by Gasteiger charge is -2.38. The van der Waals surface area contributed by atoms with Crippen LogP contribution in [0.1, 0.15) is 43.2 Å². The zero-order valence-electron chi connectivity index (χ0n) is 10.3. The van der Waals surface area contributed by atoms with Crippen LogP contribution in [0.3, 0.4) is 0 Å². The summed E-state index contributed by atoms with van der Waals surface area (Å²) in [5.74, 6) is 0.314. The zero-order valence-corrected chi connectivity index (χ0v) is 11.9. The van der Waals surface area contributed by atoms with Gasteiger partial charge >= 0.3 is 0 Å². The van der Waals surface area contributed by atoms with E-state index in [2.05, 4.69) is 28.9 Å². The van der Waals surface area contributed by atoms with Crippen LogP contribution in [0.2, 0.25) is 0 Å². The number of benzene rings is 1. The van der Waals surface area contributed by atoms with Crippen LogP contribution in [-0.2, 0) is 5.41 Å². The van der Waals surface area contributed by atoms with Crippen LogP contribution in [0.25, 0.3) is 0 Å². The van der Waals surface area contributed by atoms with E-state index in [9.17, 15) is 5.11 Å². The molecular weight excluding hydrogens is 278 g/mol. The molecule has 0 heterocycles. The molecule has 94 valence electrons. The minimum Gasteiger partial charge on any atom is -0.507 e. The quantitative estimate of drug-likeness (QED) is 0.876. The van der Waals surface area contributed by atoms with Crippen molar-refractivity contribution in [2.45, 2.75) is 44.4 Å². The molecule has 2 rings (SSSR count). The molecule has 0 aliphatic heterocycles. The number of rotatable bonds is 2. The van der Waals surface area contributed by atoms with E-state index in [1.807, 2.05) is 6.07 Å². The van der Waals surface area contributed by atoms with Crippen molar-refractivity contribution >= 4 is 15.9 Å². The molecule has 1 aliphatic rings. The van der Waals surface area contributed by atoms with Gasteiger partial charge in [-0.25, -0.2) is 0 Å². The van der Waals surface area contributed by atoms with E-state index in [1.54, 1.807) is 0 Å². The van der Waals surface area contributed by atoms with E-state index in [1.165, 1.54) is 37.7 Å². The van der Waals surface area contributed by atoms with Crippen molar-refractivity contribution in [1.29, 1.82) is 0 Å². The number of phenols is 1. The highest BCUT2D eigenvalue weighted by Crippen LogP contribution is 2.42. The first-order valence-corrected chi connectivity index (χ1v) is 7.08. The molecule has 1 aromatic carbocycles. The first kappa shape index (κ1) is 12.9. The molecule has 1 saturated carbocycles. The van der Waals surface area contributed by atoms with E-state index < -0.39 is 0 Å². The minimum absolute atomic E-state index is 0.124. The third-order valence-electron chi connectivity index (χ3n) is 4.07. The van der Waals surface area contributed by atoms with Crippen molar-refractivity contribution in [3.8, 4) is 5.75 Å². The number of aromatic hydroxyl groups is 1. The summed E-state index contributed by atoms with van der Waals surface area (Å²) in [6.45, 7) is 2.76. The maximum Gasteiger partial charge on any atom is 0.130 e. The fourth-order valence-corrected chi connectivity index (χ4v) is 3.39. The van der Waals surface area contributed by atoms with Gasteiger partial charge in [0.2, 0.25) is 0 Å². The van der Waals surface area contributed by atoms with E-state index >= 15 is 0 Å². The van der Waals surface area contributed by atoms with Crippen molar-refractivity contribution in [2.75, 3.05) is 6.54 Å². The molecule has 2 nitrogen and oxygen atoms in total. The molecule has 1 aliphatic carbocycles. The maximum atomic E-state index is 9.70. The fraction of sp³-hybridized carbons (Fsp3) is 0.571. The Morgan fingerprint density at radius 2 is 1.94 bits per heavy atom. The second-order valence-corrected chi connectivity index (χ2v) is 6.02. The molecule has 3 heteroatoms. The standard InChI is InChI=1S/C14H20BrNO/c1-10-7-13(17)12(15)8-11(10)14(9-16)5-3-2-4-6-14/h7-8,17H,2-6,9,16H2,1H3. The van der Waals surface area contributed by atoms with Gasteiger partial charge in [0.15, 0.2) is 0 Å². The van der Waals surface area contributed by atoms with Crippen molar-refractivity contribution in [2.24, 2.45) is 5.73 Å². The number of halogens is 1. The predicted octanol–water partition coefficient (Wildman–Crippen LogP) is 3.62. The van der Waals surface area contributed by atoms with Gasteiger partial charge in [-0.15, -0.1) is 0 Å². The molecule has 0 atom stereocenters. The van der Waals surface area contributed by atoms with E-state index in [-0.39, 0.29) is 5.41 Å². The summed E-state index contributed by atoms with van der Waals surface area (Å²) < 4.78 is 0.775. The Hall–Kier alpha value is -0.540. The van der Waals surface area contributed by atoms with Crippen molar-refractivity contribution < 1.29 is 5.11 Å². The largest absolute Gasteiger partial charge is 0.507 e. The molecule has 0 radical (unpaired) electrons. The van der Waals surface area contributed by atoms with Crippen molar-refractivity contribution in [3.05, 3.63) is 27.7 Å². The van der Waals surface area contributed by atoms with Gasteiger partial charge in [0.05, 0.1) is 4.47 Å². The van der Waals surface area contributed by atoms with Crippen LogP contribution in [0.15, 0.2) is 16.6 Å². The summed E-state index contributed by atoms with van der Waals surface area (Å²) >= 11 is 3.41. The highest BCUT2D eigenvalue weighted by atomic mass is 79.9. The average Bonchev–Trinajstić information content (AvgIpc) is 2.34. The molecule has 0 saturated heterocycles. The molecule has 0 unspecified atom stereocenters. The molecule has 0 amide bonds. The summed E-state index contributed by atoms with van der Waals surface area (Å²) in [5, 5.41) is 9.70. The second-order valence-electron chi connectivity index (χ2n) is 5.16. The Bertz CT molecular complexity index is 411. The summed E-state index contributed by atoms with van der Waals surface area (Å²) in [5.41, 5.74) is 8.63. The second kappa shape index (κ2) is 4.99. The van der Waals surface area contributed by atoms with E-state index in [4.69, 9.17) is 5.73 Å². The lowest BCUT2D eigenvalue weighted by atomic mass is 9.68. The Kier molecular flexibility index (Phi) is 3.79. The third kappa shape index (κ3) is 2.36. The van der Waals surface area contributed by atoms with Crippen LogP contribution in [0, 0.1) is 6.92 Å². The summed E-state index contributed by atoms with van der Waals surface area (Å²) in [4.78, 5) is 0. The molecule has 1 aromatic rings. The monoisotopic (exact) mass is 297 g/mol. The van der Waals surface area contributed by atoms with E-state index in [0.717, 1.165) is 10.0 Å². The van der Waals surface area contributed by atoms with E-state index in [0.29, 0.717) is 12.3 Å². The topological polar surface area (TPSA) is 46.2 Å². The first-order chi connectivity index (χ1) is 8.09. The van der Waals surface area contributed by atoms with Gasteiger partial charge in [-0.1, -0.05) is 19.3 Å². The summed E-state index contributed by atoms with van der Waals surface area (Å²) in [6.07, 6.45) is 6.17. The van der Waals surface area contributed by atoms with Crippen LogP contribution in [-0.4, -0.2) is 11.7 Å². The molecule has 1 fully saturated rings. The van der Waals surface area contributed by atoms with Gasteiger partial charge in [-0.2, -0.15) is 0 Å². The average molecular weight is 298 g/mol. The molecule has 0 spiro atoms. The maximum absolute atomic E-state index is 9.70. The molecule has 3 N–H and O–H groups in total. The summed E-state index contributed by atoms with van der Waals surface area (Å²) in [7, 11) is 0. The lowest BCUT2D eigenvalue weighted by molar-refractivity contribution is 0.299. The predicted molar refractivity (Wildman–Crippen MR) is 74.4 cm³/mol. The Labute approximate surface area is 111 Å².